The van der Waals surface area contributed by atoms with Gasteiger partial charge in [-0.25, -0.2) is 0 Å². The second-order valence-electron chi connectivity index (χ2n) is 2.85. The zero-order valence-corrected chi connectivity index (χ0v) is 13.1. The van der Waals surface area contributed by atoms with E-state index in [1.165, 1.54) is 12.2 Å². The minimum Gasteiger partial charge on any atom is -0.447 e. The molecule has 76 valence electrons. The number of allylic oxidation sites excluding steroid dienone is 1. The van der Waals surface area contributed by atoms with Gasteiger partial charge in [0.15, 0.2) is 0 Å². The first-order valence-electron chi connectivity index (χ1n) is 4.13. The Morgan fingerprint density at radius 2 is 1.71 bits per heavy atom. The van der Waals surface area contributed by atoms with Gasteiger partial charge in [-0.2, -0.15) is 23.5 Å². The van der Waals surface area contributed by atoms with E-state index in [1.807, 2.05) is 0 Å². The average Bonchev–Trinajstić information content (AvgIpc) is 2.04. The predicted molar refractivity (Wildman–Crippen MR) is 56.2 cm³/mol. The van der Waals surface area contributed by atoms with Gasteiger partial charge in [0.1, 0.15) is 0 Å². The normalized spacial score (nSPS) is 22.0. The average molecular weight is 266 g/mol. The van der Waals surface area contributed by atoms with Crippen molar-refractivity contribution in [3.8, 4) is 0 Å². The van der Waals surface area contributed by atoms with Gasteiger partial charge >= 0.3 is 58.4 Å². The fraction of sp³-hybridized carbons (Fsp3) is 0.714. The number of hydrogen-bond donors (Lipinski definition) is 0. The molecule has 0 nitrogen and oxygen atoms in total. The van der Waals surface area contributed by atoms with Gasteiger partial charge in [-0.3, -0.25) is 0 Å². The number of halogens is 3. The Hall–Kier alpha value is 1.93. The van der Waals surface area contributed by atoms with Crippen LogP contribution in [0.3, 0.4) is 0 Å². The van der Waals surface area contributed by atoms with Gasteiger partial charge in [0.05, 0.1) is 3.98 Å². The van der Waals surface area contributed by atoms with Crippen molar-refractivity contribution >= 4 is 30.5 Å². The quantitative estimate of drug-likeness (QED) is 0.528. The van der Waals surface area contributed by atoms with Crippen LogP contribution in [0.5, 0.6) is 0 Å². The van der Waals surface area contributed by atoms with Crippen LogP contribution in [0.15, 0.2) is 12.2 Å². The molecule has 0 atom stereocenters. The van der Waals surface area contributed by atoms with Crippen LogP contribution in [0, 0.1) is 0 Å². The molecule has 1 saturated heterocycles. The van der Waals surface area contributed by atoms with Crippen LogP contribution >= 0.6 is 23.5 Å². The van der Waals surface area contributed by atoms with Crippen molar-refractivity contribution in [3.05, 3.63) is 12.2 Å². The van der Waals surface area contributed by atoms with E-state index in [2.05, 4.69) is 0 Å². The van der Waals surface area contributed by atoms with Crippen molar-refractivity contribution in [3.63, 3.8) is 0 Å². The van der Waals surface area contributed by atoms with Crippen LogP contribution in [-0.2, 0) is 0 Å². The van der Waals surface area contributed by atoms with Crippen molar-refractivity contribution in [1.82, 2.24) is 0 Å². The van der Waals surface area contributed by atoms with Crippen molar-refractivity contribution in [2.24, 2.45) is 0 Å². The van der Waals surface area contributed by atoms with E-state index in [1.54, 1.807) is 6.92 Å². The number of rotatable bonds is 2. The van der Waals surface area contributed by atoms with E-state index in [-0.39, 0.29) is 51.4 Å². The molecule has 1 rings (SSSR count). The molecule has 1 aliphatic rings. The van der Waals surface area contributed by atoms with Gasteiger partial charge in [0.2, 0.25) is 0 Å². The van der Waals surface area contributed by atoms with Crippen molar-refractivity contribution in [1.29, 1.82) is 0 Å². The predicted octanol–water partition coefficient (Wildman–Crippen LogP) is 0.520. The summed E-state index contributed by atoms with van der Waals surface area (Å²) in [4.78, 5) is 0. The first-order chi connectivity index (χ1) is 6.02. The van der Waals surface area contributed by atoms with Crippen molar-refractivity contribution in [2.45, 2.75) is 17.3 Å². The number of hydrogen-bond acceptors (Lipinski definition) is 2. The zero-order valence-electron chi connectivity index (χ0n) is 8.30. The van der Waals surface area contributed by atoms with Crippen LogP contribution in [0.4, 0.5) is 12.9 Å². The Labute approximate surface area is 134 Å². The first kappa shape index (κ1) is 15.9. The summed E-state index contributed by atoms with van der Waals surface area (Å²) in [5.41, 5.74) is 0. The van der Waals surface area contributed by atoms with Crippen molar-refractivity contribution in [2.75, 3.05) is 11.5 Å². The second kappa shape index (κ2) is 6.61. The van der Waals surface area contributed by atoms with Crippen LogP contribution in [-0.4, -0.2) is 22.5 Å². The van der Waals surface area contributed by atoms with Gasteiger partial charge in [-0.15, -0.1) is 0 Å². The summed E-state index contributed by atoms with van der Waals surface area (Å²) in [7, 11) is 0. The molecule has 0 aromatic carbocycles. The maximum absolute atomic E-state index is 12.8. The largest absolute Gasteiger partial charge is 1.00 e. The molecular weight excluding hydrogens is 255 g/mol. The van der Waals surface area contributed by atoms with E-state index >= 15 is 0 Å². The molecule has 1 fully saturated rings. The summed E-state index contributed by atoms with van der Waals surface area (Å²) >= 11 is 2.04. The van der Waals surface area contributed by atoms with Crippen LogP contribution in [0.1, 0.15) is 13.3 Å². The molecule has 0 amide bonds. The van der Waals surface area contributed by atoms with Gasteiger partial charge in [-0.1, -0.05) is 12.2 Å². The molecule has 0 saturated carbocycles. The van der Waals surface area contributed by atoms with E-state index in [4.69, 9.17) is 0 Å². The van der Waals surface area contributed by atoms with Crippen molar-refractivity contribution < 1.29 is 64.3 Å². The van der Waals surface area contributed by atoms with E-state index < -0.39 is 11.0 Å². The molecule has 0 bridgehead atoms. The summed E-state index contributed by atoms with van der Waals surface area (Å²) in [5, 5.41) is 0. The standard InChI is InChI=1S/C7H11BF3S2.K/c1-2-4-7(8(9,10)11)12-5-3-6-13-7;/h2,4H,3,5-6H2,1H3;/q-1;+1/b4-2+;. The minimum atomic E-state index is -4.79. The Morgan fingerprint density at radius 1 is 1.21 bits per heavy atom. The smallest absolute Gasteiger partial charge is 0.447 e. The summed E-state index contributed by atoms with van der Waals surface area (Å²) in [6.07, 6.45) is 3.67. The van der Waals surface area contributed by atoms with Gasteiger partial charge in [-0.05, 0) is 24.9 Å². The fourth-order valence-corrected chi connectivity index (χ4v) is 4.26. The Bertz CT molecular complexity index is 202. The maximum atomic E-state index is 12.8. The molecule has 14 heavy (non-hydrogen) atoms. The third-order valence-corrected chi connectivity index (χ3v) is 5.20. The third kappa shape index (κ3) is 3.75. The van der Waals surface area contributed by atoms with Crippen LogP contribution in [0.25, 0.3) is 0 Å². The summed E-state index contributed by atoms with van der Waals surface area (Å²) < 4.78 is 36.6. The van der Waals surface area contributed by atoms with Gasteiger partial charge < -0.3 is 12.9 Å². The topological polar surface area (TPSA) is 0 Å². The molecular formula is C7H11BF3KS2. The second-order valence-corrected chi connectivity index (χ2v) is 5.85. The van der Waals surface area contributed by atoms with E-state index in [0.717, 1.165) is 29.9 Å². The molecule has 0 aromatic rings. The van der Waals surface area contributed by atoms with Gasteiger partial charge in [0, 0.05) is 0 Å². The number of thioether (sulfide) groups is 2. The molecule has 0 N–H and O–H groups in total. The first-order valence-corrected chi connectivity index (χ1v) is 6.10. The monoisotopic (exact) mass is 266 g/mol. The molecule has 7 heteroatoms. The molecule has 1 aliphatic heterocycles. The Kier molecular flexibility index (Phi) is 7.53. The van der Waals surface area contributed by atoms with E-state index in [9.17, 15) is 12.9 Å². The third-order valence-electron chi connectivity index (χ3n) is 1.80. The molecule has 0 aliphatic carbocycles. The summed E-state index contributed by atoms with van der Waals surface area (Å²) in [6.45, 7) is -3.16. The Morgan fingerprint density at radius 3 is 2.07 bits per heavy atom. The minimum absolute atomic E-state index is 0. The SMILES string of the molecule is C/C=C/C1([B-](F)(F)F)SCCCS1.[K+]. The summed E-state index contributed by atoms with van der Waals surface area (Å²) in [6, 6.07) is 0. The molecule has 0 unspecified atom stereocenters. The van der Waals surface area contributed by atoms with E-state index in [0.29, 0.717) is 11.5 Å². The molecule has 0 aromatic heterocycles. The molecule has 0 radical (unpaired) electrons. The molecule has 1 heterocycles. The zero-order chi connectivity index (χ0) is 9.95. The Balaban J connectivity index is 0.00000169. The van der Waals surface area contributed by atoms with Crippen LogP contribution in [0.2, 0.25) is 0 Å². The van der Waals surface area contributed by atoms with Gasteiger partial charge in [0.25, 0.3) is 0 Å². The molecule has 0 spiro atoms. The maximum Gasteiger partial charge on any atom is 1.00 e. The van der Waals surface area contributed by atoms with Crippen LogP contribution < -0.4 is 51.4 Å². The fourth-order valence-electron chi connectivity index (χ4n) is 1.19. The summed E-state index contributed by atoms with van der Waals surface area (Å²) in [5.74, 6) is 1.22.